The summed E-state index contributed by atoms with van der Waals surface area (Å²) in [6.45, 7) is 0. The predicted octanol–water partition coefficient (Wildman–Crippen LogP) is 0.195. The minimum absolute atomic E-state index is 0.0841. The van der Waals surface area contributed by atoms with Gasteiger partial charge in [0.05, 0.1) is 7.11 Å². The Morgan fingerprint density at radius 2 is 2.20 bits per heavy atom. The molecule has 1 rings (SSSR count). The largest absolute Gasteiger partial charge is 0.509 e. The molecular formula is C7H7BO2. The number of phenolic OH excluding ortho intramolecular Hbond substituents is 1. The van der Waals surface area contributed by atoms with E-state index >= 15 is 0 Å². The van der Waals surface area contributed by atoms with E-state index in [9.17, 15) is 0 Å². The molecule has 1 aromatic carbocycles. The van der Waals surface area contributed by atoms with Gasteiger partial charge in [-0.2, -0.15) is 0 Å². The summed E-state index contributed by atoms with van der Waals surface area (Å²) in [5.41, 5.74) is 0.333. The van der Waals surface area contributed by atoms with Crippen LogP contribution in [0.5, 0.6) is 11.5 Å². The molecule has 0 aliphatic heterocycles. The summed E-state index contributed by atoms with van der Waals surface area (Å²) in [6, 6.07) is 4.70. The summed E-state index contributed by atoms with van der Waals surface area (Å²) in [5.74, 6) is 0.733. The van der Waals surface area contributed by atoms with Gasteiger partial charge in [0.2, 0.25) is 0 Å². The van der Waals surface area contributed by atoms with Gasteiger partial charge in [-0.25, -0.2) is 0 Å². The van der Waals surface area contributed by atoms with Crippen molar-refractivity contribution in [1.82, 2.24) is 0 Å². The van der Waals surface area contributed by atoms with Crippen molar-refractivity contribution in [2.75, 3.05) is 7.11 Å². The summed E-state index contributed by atoms with van der Waals surface area (Å²) in [5, 5.41) is 8.96. The fraction of sp³-hybridized carbons (Fsp3) is 0.143. The highest BCUT2D eigenvalue weighted by Gasteiger charge is 1.95. The third-order valence-corrected chi connectivity index (χ3v) is 1.23. The number of hydrogen-bond acceptors (Lipinski definition) is 2. The number of aromatic hydroxyl groups is 1. The molecule has 0 atom stereocenters. The van der Waals surface area contributed by atoms with E-state index in [4.69, 9.17) is 17.7 Å². The number of rotatable bonds is 1. The lowest BCUT2D eigenvalue weighted by atomic mass is 9.95. The lowest BCUT2D eigenvalue weighted by Gasteiger charge is -2.01. The van der Waals surface area contributed by atoms with E-state index in [2.05, 4.69) is 0 Å². The average Bonchev–Trinajstić information content (AvgIpc) is 1.95. The van der Waals surface area contributed by atoms with E-state index in [1.54, 1.807) is 19.2 Å². The van der Waals surface area contributed by atoms with Crippen molar-refractivity contribution < 1.29 is 9.84 Å². The first kappa shape index (κ1) is 7.00. The Bertz CT molecular complexity index is 235. The summed E-state index contributed by atoms with van der Waals surface area (Å²) < 4.78 is 4.86. The molecule has 0 bridgehead atoms. The van der Waals surface area contributed by atoms with Crippen molar-refractivity contribution in [1.29, 1.82) is 0 Å². The van der Waals surface area contributed by atoms with Crippen LogP contribution >= 0.6 is 0 Å². The first-order chi connectivity index (χ1) is 4.74. The normalized spacial score (nSPS) is 9.30. The number of hydrogen-bond donors (Lipinski definition) is 1. The van der Waals surface area contributed by atoms with Gasteiger partial charge in [-0.05, 0) is 18.2 Å². The number of ether oxygens (including phenoxy) is 1. The van der Waals surface area contributed by atoms with Crippen LogP contribution in [0.25, 0.3) is 0 Å². The van der Waals surface area contributed by atoms with Crippen LogP contribution in [0.3, 0.4) is 0 Å². The van der Waals surface area contributed by atoms with Gasteiger partial charge in [-0.15, -0.1) is 0 Å². The van der Waals surface area contributed by atoms with Crippen LogP contribution in [0, 0.1) is 0 Å². The van der Waals surface area contributed by atoms with Gasteiger partial charge in [0, 0.05) is 0 Å². The van der Waals surface area contributed by atoms with Crippen molar-refractivity contribution in [3.63, 3.8) is 0 Å². The molecule has 0 heterocycles. The fourth-order valence-corrected chi connectivity index (χ4v) is 0.660. The fourth-order valence-electron chi connectivity index (χ4n) is 0.660. The van der Waals surface area contributed by atoms with Crippen LogP contribution in [0.2, 0.25) is 0 Å². The Morgan fingerprint density at radius 3 is 2.70 bits per heavy atom. The molecule has 0 saturated heterocycles. The summed E-state index contributed by atoms with van der Waals surface area (Å²) in [6.07, 6.45) is 0. The highest BCUT2D eigenvalue weighted by atomic mass is 16.5. The third-order valence-electron chi connectivity index (χ3n) is 1.23. The summed E-state index contributed by atoms with van der Waals surface area (Å²) >= 11 is 0. The molecule has 0 aliphatic rings. The summed E-state index contributed by atoms with van der Waals surface area (Å²) in [4.78, 5) is 0. The van der Waals surface area contributed by atoms with Crippen LogP contribution in [0.4, 0.5) is 0 Å². The molecule has 0 spiro atoms. The minimum Gasteiger partial charge on any atom is -0.509 e. The van der Waals surface area contributed by atoms with Gasteiger partial charge in [0.25, 0.3) is 0 Å². The van der Waals surface area contributed by atoms with Crippen molar-refractivity contribution >= 4 is 13.3 Å². The predicted molar refractivity (Wildman–Crippen MR) is 40.0 cm³/mol. The molecule has 0 unspecified atom stereocenters. The highest BCUT2D eigenvalue weighted by Crippen LogP contribution is 2.11. The monoisotopic (exact) mass is 134 g/mol. The van der Waals surface area contributed by atoms with E-state index in [1.165, 1.54) is 6.07 Å². The third kappa shape index (κ3) is 1.24. The SMILES string of the molecule is [B]c1cc(OC)ccc1O. The second-order valence-corrected chi connectivity index (χ2v) is 1.92. The van der Waals surface area contributed by atoms with Gasteiger partial charge >= 0.3 is 0 Å². The number of phenols is 1. The lowest BCUT2D eigenvalue weighted by Crippen LogP contribution is -2.02. The second kappa shape index (κ2) is 2.65. The molecule has 0 fully saturated rings. The molecule has 2 nitrogen and oxygen atoms in total. The Hall–Kier alpha value is -1.12. The molecule has 1 N–H and O–H groups in total. The van der Waals surface area contributed by atoms with Gasteiger partial charge in [0.15, 0.2) is 0 Å². The standard InChI is InChI=1S/C7H7BO2/c1-10-5-2-3-7(9)6(8)4-5/h2-4,9H,1H3. The Morgan fingerprint density at radius 1 is 1.50 bits per heavy atom. The maximum Gasteiger partial charge on any atom is 0.119 e. The zero-order valence-corrected chi connectivity index (χ0v) is 5.66. The zero-order valence-electron chi connectivity index (χ0n) is 5.66. The van der Waals surface area contributed by atoms with Crippen LogP contribution in [0.1, 0.15) is 0 Å². The molecule has 0 aromatic heterocycles. The van der Waals surface area contributed by atoms with E-state index < -0.39 is 0 Å². The van der Waals surface area contributed by atoms with Gasteiger partial charge in [-0.3, -0.25) is 0 Å². The van der Waals surface area contributed by atoms with E-state index in [1.807, 2.05) is 0 Å². The lowest BCUT2D eigenvalue weighted by molar-refractivity contribution is 0.413. The molecular weight excluding hydrogens is 127 g/mol. The first-order valence-corrected chi connectivity index (χ1v) is 2.86. The average molecular weight is 134 g/mol. The molecule has 50 valence electrons. The van der Waals surface area contributed by atoms with Gasteiger partial charge < -0.3 is 9.84 Å². The molecule has 0 saturated carbocycles. The van der Waals surface area contributed by atoms with E-state index in [-0.39, 0.29) is 5.75 Å². The Kier molecular flexibility index (Phi) is 1.85. The maximum absolute atomic E-state index is 8.96. The first-order valence-electron chi connectivity index (χ1n) is 2.86. The van der Waals surface area contributed by atoms with E-state index in [0.29, 0.717) is 11.2 Å². The summed E-state index contributed by atoms with van der Waals surface area (Å²) in [7, 11) is 6.91. The van der Waals surface area contributed by atoms with Crippen LogP contribution in [0.15, 0.2) is 18.2 Å². The molecule has 2 radical (unpaired) electrons. The maximum atomic E-state index is 8.96. The Balaban J connectivity index is 3.04. The van der Waals surface area contributed by atoms with Gasteiger partial charge in [-0.1, -0.05) is 5.46 Å². The van der Waals surface area contributed by atoms with Crippen molar-refractivity contribution in [2.45, 2.75) is 0 Å². The topological polar surface area (TPSA) is 29.5 Å². The van der Waals surface area contributed by atoms with Crippen LogP contribution in [-0.2, 0) is 0 Å². The number of methoxy groups -OCH3 is 1. The van der Waals surface area contributed by atoms with Crippen molar-refractivity contribution in [3.05, 3.63) is 18.2 Å². The Labute approximate surface area is 60.9 Å². The van der Waals surface area contributed by atoms with Crippen LogP contribution < -0.4 is 10.2 Å². The molecule has 3 heteroatoms. The molecule has 0 amide bonds. The van der Waals surface area contributed by atoms with Crippen LogP contribution in [-0.4, -0.2) is 20.1 Å². The van der Waals surface area contributed by atoms with Crippen molar-refractivity contribution in [2.24, 2.45) is 0 Å². The smallest absolute Gasteiger partial charge is 0.119 e. The quantitative estimate of drug-likeness (QED) is 0.555. The molecule has 1 aromatic rings. The molecule has 10 heavy (non-hydrogen) atoms. The number of benzene rings is 1. The second-order valence-electron chi connectivity index (χ2n) is 1.92. The zero-order chi connectivity index (χ0) is 7.56. The van der Waals surface area contributed by atoms with Crippen molar-refractivity contribution in [3.8, 4) is 11.5 Å². The molecule has 0 aliphatic carbocycles. The highest BCUT2D eigenvalue weighted by molar-refractivity contribution is 6.34. The minimum atomic E-state index is 0.0841. The van der Waals surface area contributed by atoms with E-state index in [0.717, 1.165) is 0 Å². The van der Waals surface area contributed by atoms with Gasteiger partial charge in [0.1, 0.15) is 19.3 Å².